The third-order valence-electron chi connectivity index (χ3n) is 5.90. The maximum absolute atomic E-state index is 13.2. The van der Waals surface area contributed by atoms with Crippen LogP contribution in [0.4, 0.5) is 0 Å². The molecule has 0 N–H and O–H groups in total. The number of hydrogen-bond acceptors (Lipinski definition) is 3. The highest BCUT2D eigenvalue weighted by Crippen LogP contribution is 2.33. The van der Waals surface area contributed by atoms with Gasteiger partial charge in [0.1, 0.15) is 0 Å². The summed E-state index contributed by atoms with van der Waals surface area (Å²) in [5.74, 6) is 1.63. The molecule has 3 heterocycles. The smallest absolute Gasteiger partial charge is 0.249 e. The normalized spacial score (nSPS) is 12.5. The Morgan fingerprint density at radius 1 is 1.13 bits per heavy atom. The lowest BCUT2D eigenvalue weighted by molar-refractivity contribution is -0.657. The summed E-state index contributed by atoms with van der Waals surface area (Å²) in [5.41, 5.74) is 5.91. The second-order valence-electron chi connectivity index (χ2n) is 7.80. The molecule has 0 unspecified atom stereocenters. The standard InChI is InChI=1S/C25H24N3O3/c1-4-26-15-27(22-8-6-5-7-21(22)26)14-23(29)20-11-17(2)28(18(20)3)13-19-9-10-24-25(12-19)31-16-30-24/h4-12,15H,1,13-14,16H2,2-3H3/q+1. The highest BCUT2D eigenvalue weighted by molar-refractivity contribution is 5.96. The molecule has 0 aliphatic carbocycles. The minimum absolute atomic E-state index is 0.0852. The average Bonchev–Trinajstić information content (AvgIpc) is 3.46. The summed E-state index contributed by atoms with van der Waals surface area (Å²) < 4.78 is 17.0. The molecule has 0 saturated carbocycles. The first-order chi connectivity index (χ1) is 15.0. The lowest BCUT2D eigenvalue weighted by Gasteiger charge is -2.10. The quantitative estimate of drug-likeness (QED) is 0.352. The van der Waals surface area contributed by atoms with Gasteiger partial charge in [-0.1, -0.05) is 24.8 Å². The highest BCUT2D eigenvalue weighted by Gasteiger charge is 2.22. The number of nitrogens with zero attached hydrogens (tertiary/aromatic N) is 3. The van der Waals surface area contributed by atoms with E-state index in [1.807, 2.05) is 77.8 Å². The number of aromatic nitrogens is 3. The van der Waals surface area contributed by atoms with Crippen LogP contribution in [0.2, 0.25) is 0 Å². The van der Waals surface area contributed by atoms with Gasteiger partial charge in [-0.15, -0.1) is 0 Å². The van der Waals surface area contributed by atoms with Crippen molar-refractivity contribution in [1.82, 2.24) is 9.13 Å². The van der Waals surface area contributed by atoms with Gasteiger partial charge in [-0.3, -0.25) is 4.79 Å². The van der Waals surface area contributed by atoms with Crippen LogP contribution >= 0.6 is 0 Å². The van der Waals surface area contributed by atoms with Crippen molar-refractivity contribution in [2.45, 2.75) is 26.9 Å². The number of rotatable bonds is 6. The van der Waals surface area contributed by atoms with Gasteiger partial charge < -0.3 is 14.0 Å². The van der Waals surface area contributed by atoms with Crippen LogP contribution in [0.15, 0.2) is 61.4 Å². The molecule has 6 heteroatoms. The van der Waals surface area contributed by atoms with Crippen LogP contribution in [0.25, 0.3) is 17.2 Å². The molecule has 0 spiro atoms. The monoisotopic (exact) mass is 414 g/mol. The first-order valence-electron chi connectivity index (χ1n) is 10.2. The van der Waals surface area contributed by atoms with Crippen LogP contribution in [0.5, 0.6) is 11.5 Å². The molecule has 0 radical (unpaired) electrons. The van der Waals surface area contributed by atoms with E-state index in [1.165, 1.54) is 0 Å². The maximum Gasteiger partial charge on any atom is 0.249 e. The molecular weight excluding hydrogens is 390 g/mol. The number of benzene rings is 2. The van der Waals surface area contributed by atoms with Gasteiger partial charge in [-0.05, 0) is 49.7 Å². The second kappa shape index (κ2) is 7.47. The number of imidazole rings is 1. The van der Waals surface area contributed by atoms with Crippen LogP contribution in [0.1, 0.15) is 27.3 Å². The van der Waals surface area contributed by atoms with E-state index in [0.29, 0.717) is 6.54 Å². The first-order valence-corrected chi connectivity index (χ1v) is 10.2. The molecule has 1 aliphatic heterocycles. The van der Waals surface area contributed by atoms with E-state index in [-0.39, 0.29) is 19.1 Å². The first kappa shape index (κ1) is 19.2. The molecule has 0 saturated heterocycles. The largest absolute Gasteiger partial charge is 0.454 e. The van der Waals surface area contributed by atoms with Crippen LogP contribution < -0.4 is 14.0 Å². The van der Waals surface area contributed by atoms with E-state index in [1.54, 1.807) is 6.20 Å². The topological polar surface area (TPSA) is 49.3 Å². The lowest BCUT2D eigenvalue weighted by atomic mass is 10.1. The fourth-order valence-electron chi connectivity index (χ4n) is 4.26. The maximum atomic E-state index is 13.2. The van der Waals surface area contributed by atoms with Crippen LogP contribution in [-0.2, 0) is 13.1 Å². The molecule has 0 fully saturated rings. The van der Waals surface area contributed by atoms with Crippen molar-refractivity contribution in [3.63, 3.8) is 0 Å². The van der Waals surface area contributed by atoms with Gasteiger partial charge >= 0.3 is 0 Å². The Hall–Kier alpha value is -3.80. The Labute approximate surface area is 180 Å². The highest BCUT2D eigenvalue weighted by atomic mass is 16.7. The van der Waals surface area contributed by atoms with Crippen LogP contribution in [0, 0.1) is 13.8 Å². The van der Waals surface area contributed by atoms with Crippen molar-refractivity contribution < 1.29 is 18.8 Å². The molecular formula is C25H24N3O3+. The number of carbonyl (C=O) groups is 1. The Morgan fingerprint density at radius 3 is 2.77 bits per heavy atom. The summed E-state index contributed by atoms with van der Waals surface area (Å²) in [6.45, 7) is 9.11. The van der Waals surface area contributed by atoms with Gasteiger partial charge in [0.05, 0.1) is 6.20 Å². The molecule has 156 valence electrons. The fourth-order valence-corrected chi connectivity index (χ4v) is 4.26. The summed E-state index contributed by atoms with van der Waals surface area (Å²) in [6, 6.07) is 16.0. The number of ether oxygens (including phenoxy) is 2. The molecule has 0 atom stereocenters. The van der Waals surface area contributed by atoms with Gasteiger partial charge in [0, 0.05) is 23.5 Å². The zero-order valence-corrected chi connectivity index (χ0v) is 17.7. The van der Waals surface area contributed by atoms with Crippen molar-refractivity contribution in [2.75, 3.05) is 6.79 Å². The third-order valence-corrected chi connectivity index (χ3v) is 5.90. The van der Waals surface area contributed by atoms with Crippen LogP contribution in [0.3, 0.4) is 0 Å². The summed E-state index contributed by atoms with van der Waals surface area (Å²) in [4.78, 5) is 13.2. The molecule has 6 nitrogen and oxygen atoms in total. The molecule has 2 aromatic heterocycles. The number of para-hydroxylation sites is 2. The van der Waals surface area contributed by atoms with Crippen molar-refractivity contribution in [1.29, 1.82) is 0 Å². The molecule has 4 aromatic rings. The van der Waals surface area contributed by atoms with Crippen molar-refractivity contribution >= 4 is 23.0 Å². The number of carbonyl (C=O) groups excluding carboxylic acids is 1. The molecule has 31 heavy (non-hydrogen) atoms. The van der Waals surface area contributed by atoms with Crippen molar-refractivity contribution in [3.05, 3.63) is 84.0 Å². The van der Waals surface area contributed by atoms with Gasteiger partial charge in [-0.2, -0.15) is 0 Å². The lowest BCUT2D eigenvalue weighted by Crippen LogP contribution is -2.36. The molecule has 2 aromatic carbocycles. The summed E-state index contributed by atoms with van der Waals surface area (Å²) in [5, 5.41) is 0. The minimum Gasteiger partial charge on any atom is -0.454 e. The summed E-state index contributed by atoms with van der Waals surface area (Å²) in [6.07, 6.45) is 3.67. The predicted molar refractivity (Wildman–Crippen MR) is 118 cm³/mol. The Kier molecular flexibility index (Phi) is 4.62. The minimum atomic E-state index is 0.0852. The summed E-state index contributed by atoms with van der Waals surface area (Å²) >= 11 is 0. The Morgan fingerprint density at radius 2 is 1.94 bits per heavy atom. The van der Waals surface area contributed by atoms with E-state index in [9.17, 15) is 4.79 Å². The number of fused-ring (bicyclic) bond motifs is 2. The predicted octanol–water partition coefficient (Wildman–Crippen LogP) is 4.11. The van der Waals surface area contributed by atoms with E-state index >= 15 is 0 Å². The number of aryl methyl sites for hydroxylation is 1. The van der Waals surface area contributed by atoms with Gasteiger partial charge in [-0.25, -0.2) is 9.13 Å². The zero-order valence-electron chi connectivity index (χ0n) is 17.7. The van der Waals surface area contributed by atoms with E-state index in [4.69, 9.17) is 9.47 Å². The van der Waals surface area contributed by atoms with E-state index < -0.39 is 0 Å². The fraction of sp³-hybridized carbons (Fsp3) is 0.200. The van der Waals surface area contributed by atoms with Crippen molar-refractivity contribution in [3.8, 4) is 11.5 Å². The van der Waals surface area contributed by atoms with Gasteiger partial charge in [0.15, 0.2) is 29.1 Å². The van der Waals surface area contributed by atoms with Crippen molar-refractivity contribution in [2.24, 2.45) is 0 Å². The zero-order chi connectivity index (χ0) is 21.5. The molecule has 1 aliphatic rings. The van der Waals surface area contributed by atoms with Gasteiger partial charge in [0.25, 0.3) is 0 Å². The Balaban J connectivity index is 1.43. The molecule has 0 amide bonds. The molecule has 0 bridgehead atoms. The second-order valence-corrected chi connectivity index (χ2v) is 7.80. The van der Waals surface area contributed by atoms with E-state index in [2.05, 4.69) is 11.1 Å². The van der Waals surface area contributed by atoms with Crippen LogP contribution in [-0.4, -0.2) is 21.7 Å². The number of hydrogen-bond donors (Lipinski definition) is 0. The van der Waals surface area contributed by atoms with E-state index in [0.717, 1.165) is 45.0 Å². The number of ketones is 1. The SMILES string of the molecule is C=Cn1c[n+](CC(=O)c2cc(C)n(Cc3ccc4c(c3)OCO4)c2C)c2ccccc21. The number of Topliss-reactive ketones (excluding diaryl/α,β-unsaturated/α-hetero) is 1. The summed E-state index contributed by atoms with van der Waals surface area (Å²) in [7, 11) is 0. The third kappa shape index (κ3) is 3.30. The molecule has 5 rings (SSSR count). The average molecular weight is 414 g/mol. The van der Waals surface area contributed by atoms with Gasteiger partial charge in [0.2, 0.25) is 18.9 Å². The Bertz CT molecular complexity index is 1330.